The molecule has 7 nitrogen and oxygen atoms in total. The molecule has 2 aromatic heterocycles. The van der Waals surface area contributed by atoms with Crippen LogP contribution in [0.15, 0.2) is 12.1 Å². The molecule has 158 valence electrons. The van der Waals surface area contributed by atoms with E-state index in [9.17, 15) is 4.79 Å². The van der Waals surface area contributed by atoms with Gasteiger partial charge in [-0.1, -0.05) is 6.92 Å². The van der Waals surface area contributed by atoms with Crippen LogP contribution in [0.2, 0.25) is 0 Å². The van der Waals surface area contributed by atoms with Crippen molar-refractivity contribution < 1.29 is 9.53 Å². The fraction of sp³-hybridized carbons (Fsp3) is 0.667. The predicted molar refractivity (Wildman–Crippen MR) is 113 cm³/mol. The number of carbonyl (C=O) groups excluding carboxylic acids is 1. The van der Waals surface area contributed by atoms with Gasteiger partial charge in [0.2, 0.25) is 5.82 Å². The van der Waals surface area contributed by atoms with Crippen molar-refractivity contribution >= 4 is 17.2 Å². The first-order chi connectivity index (χ1) is 14.0. The van der Waals surface area contributed by atoms with Crippen LogP contribution in [0.3, 0.4) is 0 Å². The Balaban J connectivity index is 1.44. The van der Waals surface area contributed by atoms with Crippen LogP contribution in [0.1, 0.15) is 59.3 Å². The lowest BCUT2D eigenvalue weighted by Gasteiger charge is -2.41. The molecular weight excluding hydrogens is 386 g/mol. The molecule has 2 aliphatic rings. The van der Waals surface area contributed by atoms with Crippen molar-refractivity contribution in [3.05, 3.63) is 33.5 Å². The largest absolute Gasteiger partial charge is 0.373 e. The van der Waals surface area contributed by atoms with E-state index in [4.69, 9.17) is 4.74 Å². The van der Waals surface area contributed by atoms with Crippen LogP contribution in [0, 0.1) is 12.3 Å². The number of thiophene rings is 1. The van der Waals surface area contributed by atoms with Crippen molar-refractivity contribution in [2.75, 3.05) is 19.7 Å². The number of aromatic nitrogens is 3. The number of hydrogen-bond acceptors (Lipinski definition) is 6. The number of nitrogens with zero attached hydrogens (tertiary/aromatic N) is 4. The van der Waals surface area contributed by atoms with Gasteiger partial charge in [-0.15, -0.1) is 21.5 Å². The molecule has 29 heavy (non-hydrogen) atoms. The molecule has 2 aliphatic heterocycles. The fourth-order valence-electron chi connectivity index (χ4n) is 4.18. The number of likely N-dealkylation sites (tertiary alicyclic amines) is 1. The Bertz CT molecular complexity index is 853. The van der Waals surface area contributed by atoms with Crippen molar-refractivity contribution in [1.82, 2.24) is 25.0 Å². The van der Waals surface area contributed by atoms with Crippen molar-refractivity contribution in [2.45, 2.75) is 65.8 Å². The maximum absolute atomic E-state index is 12.7. The number of piperidine rings is 1. The van der Waals surface area contributed by atoms with Crippen LogP contribution in [0.5, 0.6) is 0 Å². The number of carbonyl (C=O) groups is 1. The molecule has 1 atom stereocenters. The van der Waals surface area contributed by atoms with Gasteiger partial charge in [-0.2, -0.15) is 0 Å². The van der Waals surface area contributed by atoms with E-state index < -0.39 is 0 Å². The number of aryl methyl sites for hydroxylation is 1. The van der Waals surface area contributed by atoms with Gasteiger partial charge in [-0.05, 0) is 58.3 Å². The second kappa shape index (κ2) is 8.53. The van der Waals surface area contributed by atoms with E-state index in [2.05, 4.69) is 46.4 Å². The molecule has 1 unspecified atom stereocenters. The van der Waals surface area contributed by atoms with Gasteiger partial charge < -0.3 is 14.6 Å². The zero-order valence-electron chi connectivity index (χ0n) is 17.6. The van der Waals surface area contributed by atoms with Gasteiger partial charge in [0.15, 0.2) is 5.82 Å². The maximum atomic E-state index is 12.7. The number of amides is 1. The summed E-state index contributed by atoms with van der Waals surface area (Å²) < 4.78 is 8.00. The minimum absolute atomic E-state index is 0.0426. The number of nitrogens with one attached hydrogen (secondary N) is 1. The van der Waals surface area contributed by atoms with Gasteiger partial charge in [-0.3, -0.25) is 9.69 Å². The molecule has 0 aliphatic carbocycles. The second-order valence-electron chi connectivity index (χ2n) is 8.59. The Labute approximate surface area is 176 Å². The fourth-order valence-corrected chi connectivity index (χ4v) is 5.12. The minimum atomic E-state index is -0.138. The summed E-state index contributed by atoms with van der Waals surface area (Å²) in [7, 11) is 0. The van der Waals surface area contributed by atoms with E-state index in [-0.39, 0.29) is 17.4 Å². The summed E-state index contributed by atoms with van der Waals surface area (Å²) in [5.41, 5.74) is 0.0426. The average Bonchev–Trinajstić information content (AvgIpc) is 3.25. The third-order valence-electron chi connectivity index (χ3n) is 6.25. The molecule has 2 aromatic rings. The Morgan fingerprint density at radius 1 is 1.34 bits per heavy atom. The normalized spacial score (nSPS) is 20.2. The zero-order valence-corrected chi connectivity index (χ0v) is 18.4. The highest BCUT2D eigenvalue weighted by Gasteiger charge is 2.39. The lowest BCUT2D eigenvalue weighted by molar-refractivity contribution is -0.00552. The molecule has 1 fully saturated rings. The van der Waals surface area contributed by atoms with Crippen LogP contribution >= 0.6 is 11.3 Å². The smallest absolute Gasteiger partial charge is 0.289 e. The quantitative estimate of drug-likeness (QED) is 0.810. The number of fused-ring (bicyclic) bond motifs is 1. The molecule has 0 bridgehead atoms. The molecular formula is C21H31N5O2S. The van der Waals surface area contributed by atoms with E-state index >= 15 is 0 Å². The highest BCUT2D eigenvalue weighted by molar-refractivity contribution is 7.11. The standard InChI is InChI=1S/C21H31N5O2S/c1-4-15(2)22-20(27)19-24-23-18-12-28-14-21(13-26(18)19)7-9-25(10-8-21)11-17-6-5-16(3)29-17/h5-6,15H,4,7-14H2,1-3H3,(H,22,27). The SMILES string of the molecule is CCC(C)NC(=O)c1nnc2n1CC1(CCN(Cc3ccc(C)s3)CC1)COC2. The Morgan fingerprint density at radius 3 is 2.83 bits per heavy atom. The van der Waals surface area contributed by atoms with Crippen molar-refractivity contribution in [2.24, 2.45) is 5.41 Å². The number of rotatable bonds is 5. The van der Waals surface area contributed by atoms with Gasteiger partial charge >= 0.3 is 0 Å². The lowest BCUT2D eigenvalue weighted by atomic mass is 9.79. The summed E-state index contributed by atoms with van der Waals surface area (Å²) in [5.74, 6) is 1.04. The number of hydrogen-bond donors (Lipinski definition) is 1. The summed E-state index contributed by atoms with van der Waals surface area (Å²) in [5, 5.41) is 11.4. The minimum Gasteiger partial charge on any atom is -0.373 e. The Kier molecular flexibility index (Phi) is 6.03. The van der Waals surface area contributed by atoms with Crippen LogP contribution in [0.25, 0.3) is 0 Å². The topological polar surface area (TPSA) is 72.3 Å². The Morgan fingerprint density at radius 2 is 2.14 bits per heavy atom. The van der Waals surface area contributed by atoms with E-state index in [1.54, 1.807) is 0 Å². The van der Waals surface area contributed by atoms with Crippen molar-refractivity contribution in [3.8, 4) is 0 Å². The summed E-state index contributed by atoms with van der Waals surface area (Å²) in [6.07, 6.45) is 3.00. The molecule has 0 saturated carbocycles. The Hall–Kier alpha value is -1.77. The monoisotopic (exact) mass is 417 g/mol. The van der Waals surface area contributed by atoms with Gasteiger partial charge in [-0.25, -0.2) is 0 Å². The first-order valence-corrected chi connectivity index (χ1v) is 11.4. The first kappa shape index (κ1) is 20.5. The molecule has 1 spiro atoms. The second-order valence-corrected chi connectivity index (χ2v) is 9.96. The van der Waals surface area contributed by atoms with Crippen LogP contribution in [-0.2, 0) is 24.4 Å². The summed E-state index contributed by atoms with van der Waals surface area (Å²) in [6, 6.07) is 4.56. The van der Waals surface area contributed by atoms with E-state index in [1.165, 1.54) is 9.75 Å². The average molecular weight is 418 g/mol. The summed E-state index contributed by atoms with van der Waals surface area (Å²) in [6.45, 7) is 11.2. The van der Waals surface area contributed by atoms with Crippen molar-refractivity contribution in [1.29, 1.82) is 0 Å². The molecule has 1 N–H and O–H groups in total. The highest BCUT2D eigenvalue weighted by atomic mass is 32.1. The van der Waals surface area contributed by atoms with Gasteiger partial charge in [0.1, 0.15) is 6.61 Å². The summed E-state index contributed by atoms with van der Waals surface area (Å²) in [4.78, 5) is 18.0. The third kappa shape index (κ3) is 4.54. The predicted octanol–water partition coefficient (Wildman–Crippen LogP) is 2.99. The molecule has 0 radical (unpaired) electrons. The van der Waals surface area contributed by atoms with E-state index in [0.717, 1.165) is 51.3 Å². The first-order valence-electron chi connectivity index (χ1n) is 10.6. The molecule has 1 saturated heterocycles. The van der Waals surface area contributed by atoms with Gasteiger partial charge in [0, 0.05) is 34.3 Å². The summed E-state index contributed by atoms with van der Waals surface area (Å²) >= 11 is 1.88. The number of ether oxygens (including phenoxy) is 1. The molecule has 4 heterocycles. The van der Waals surface area contributed by atoms with Crippen molar-refractivity contribution in [3.63, 3.8) is 0 Å². The molecule has 8 heteroatoms. The van der Waals surface area contributed by atoms with Crippen LogP contribution < -0.4 is 5.32 Å². The van der Waals surface area contributed by atoms with E-state index in [1.807, 2.05) is 22.8 Å². The van der Waals surface area contributed by atoms with E-state index in [0.29, 0.717) is 19.0 Å². The highest BCUT2D eigenvalue weighted by Crippen LogP contribution is 2.37. The van der Waals surface area contributed by atoms with Gasteiger partial charge in [0.05, 0.1) is 6.61 Å². The molecule has 4 rings (SSSR count). The van der Waals surface area contributed by atoms with Crippen LogP contribution in [-0.4, -0.2) is 51.3 Å². The molecule has 1 amide bonds. The lowest BCUT2D eigenvalue weighted by Crippen LogP contribution is -2.44. The van der Waals surface area contributed by atoms with Crippen LogP contribution in [0.4, 0.5) is 0 Å². The maximum Gasteiger partial charge on any atom is 0.289 e. The van der Waals surface area contributed by atoms with Gasteiger partial charge in [0.25, 0.3) is 5.91 Å². The zero-order chi connectivity index (χ0) is 20.4. The molecule has 0 aromatic carbocycles. The third-order valence-corrected chi connectivity index (χ3v) is 7.23.